The lowest BCUT2D eigenvalue weighted by molar-refractivity contribution is 0.292. The Morgan fingerprint density at radius 3 is 2.07 bits per heavy atom. The Hall–Kier alpha value is -3.13. The van der Waals surface area contributed by atoms with E-state index in [-0.39, 0.29) is 33.8 Å². The summed E-state index contributed by atoms with van der Waals surface area (Å²) in [5.74, 6) is -1.90. The van der Waals surface area contributed by atoms with Gasteiger partial charge in [0.15, 0.2) is 0 Å². The number of hydrogen-bond donors (Lipinski definition) is 2. The number of rotatable bonds is 4. The molecular weight excluding hydrogens is 378 g/mol. The molecule has 0 unspecified atom stereocenters. The van der Waals surface area contributed by atoms with Crippen LogP contribution in [0.1, 0.15) is 11.3 Å². The van der Waals surface area contributed by atoms with Crippen molar-refractivity contribution in [2.45, 2.75) is 13.5 Å². The van der Waals surface area contributed by atoms with E-state index in [9.17, 15) is 18.3 Å². The van der Waals surface area contributed by atoms with Crippen molar-refractivity contribution in [2.24, 2.45) is 0 Å². The molecule has 0 aliphatic rings. The Bertz CT molecular complexity index is 895. The number of aromatic hydroxyl groups is 1. The first-order chi connectivity index (χ1) is 12.9. The van der Waals surface area contributed by atoms with Crippen molar-refractivity contribution in [1.82, 2.24) is 4.98 Å². The van der Waals surface area contributed by atoms with Gasteiger partial charge in [0.2, 0.25) is 0 Å². The van der Waals surface area contributed by atoms with E-state index < -0.39 is 17.5 Å². The normalized spacial score (nSPS) is 9.79. The summed E-state index contributed by atoms with van der Waals surface area (Å²) < 4.78 is 47.8. The van der Waals surface area contributed by atoms with Crippen LogP contribution < -0.4 is 4.74 Å². The third-order valence-electron chi connectivity index (χ3n) is 3.66. The molecular formula is C20H19F4NO3. The van der Waals surface area contributed by atoms with E-state index in [0.717, 1.165) is 25.4 Å². The van der Waals surface area contributed by atoms with E-state index in [1.165, 1.54) is 30.3 Å². The van der Waals surface area contributed by atoms with Crippen LogP contribution in [0.2, 0.25) is 0 Å². The van der Waals surface area contributed by atoms with Gasteiger partial charge in [-0.1, -0.05) is 0 Å². The summed E-state index contributed by atoms with van der Waals surface area (Å²) in [6, 6.07) is 9.33. The zero-order valence-corrected chi connectivity index (χ0v) is 15.1. The summed E-state index contributed by atoms with van der Waals surface area (Å²) in [5, 5.41) is 16.2. The van der Waals surface area contributed by atoms with E-state index in [1.54, 1.807) is 6.92 Å². The summed E-state index contributed by atoms with van der Waals surface area (Å²) >= 11 is 0. The second-order valence-electron chi connectivity index (χ2n) is 5.51. The SMILES string of the molecule is CO.Cc1cc(-c2cc(F)c(COc3ccc(O)cc3)c(F)c2)c(F)cn1.F. The first-order valence-electron chi connectivity index (χ1n) is 7.91. The number of aromatic nitrogens is 1. The van der Waals surface area contributed by atoms with Gasteiger partial charge in [0.1, 0.15) is 35.6 Å². The minimum atomic E-state index is -0.831. The van der Waals surface area contributed by atoms with E-state index in [4.69, 9.17) is 9.84 Å². The summed E-state index contributed by atoms with van der Waals surface area (Å²) in [7, 11) is 1.00. The minimum Gasteiger partial charge on any atom is -0.508 e. The fraction of sp³-hybridized carbons (Fsp3) is 0.150. The average molecular weight is 397 g/mol. The van der Waals surface area contributed by atoms with Crippen LogP contribution in [0, 0.1) is 24.4 Å². The van der Waals surface area contributed by atoms with Crippen LogP contribution in [0.3, 0.4) is 0 Å². The number of nitrogens with zero attached hydrogens (tertiary/aromatic N) is 1. The van der Waals surface area contributed by atoms with Crippen molar-refractivity contribution in [1.29, 1.82) is 0 Å². The van der Waals surface area contributed by atoms with Gasteiger partial charge in [-0.2, -0.15) is 0 Å². The molecule has 0 aliphatic carbocycles. The van der Waals surface area contributed by atoms with E-state index in [2.05, 4.69) is 4.98 Å². The summed E-state index contributed by atoms with van der Waals surface area (Å²) in [6.45, 7) is 1.33. The number of ether oxygens (including phenoxy) is 1. The quantitative estimate of drug-likeness (QED) is 0.636. The van der Waals surface area contributed by atoms with Gasteiger partial charge in [-0.25, -0.2) is 13.2 Å². The third-order valence-corrected chi connectivity index (χ3v) is 3.66. The number of aliphatic hydroxyl groups is 1. The van der Waals surface area contributed by atoms with E-state index in [0.29, 0.717) is 11.4 Å². The second kappa shape index (κ2) is 10.3. The number of aryl methyl sites for hydroxylation is 1. The van der Waals surface area contributed by atoms with Crippen molar-refractivity contribution in [3.63, 3.8) is 0 Å². The predicted octanol–water partition coefficient (Wildman–Crippen LogP) is 4.52. The second-order valence-corrected chi connectivity index (χ2v) is 5.51. The van der Waals surface area contributed by atoms with Crippen LogP contribution in [0.4, 0.5) is 17.9 Å². The maximum absolute atomic E-state index is 14.3. The fourth-order valence-corrected chi connectivity index (χ4v) is 2.36. The Balaban J connectivity index is 0.00000127. The van der Waals surface area contributed by atoms with Gasteiger partial charge in [0.05, 0.1) is 11.8 Å². The van der Waals surface area contributed by atoms with E-state index >= 15 is 0 Å². The molecule has 0 saturated heterocycles. The zero-order chi connectivity index (χ0) is 20.0. The van der Waals surface area contributed by atoms with Crippen LogP contribution in [-0.4, -0.2) is 22.3 Å². The molecule has 3 aromatic rings. The van der Waals surface area contributed by atoms with Gasteiger partial charge >= 0.3 is 0 Å². The maximum atomic E-state index is 14.3. The highest BCUT2D eigenvalue weighted by Crippen LogP contribution is 2.28. The largest absolute Gasteiger partial charge is 0.508 e. The molecule has 3 rings (SSSR count). The number of hydrogen-bond acceptors (Lipinski definition) is 4. The topological polar surface area (TPSA) is 62.6 Å². The molecule has 150 valence electrons. The summed E-state index contributed by atoms with van der Waals surface area (Å²) in [5.41, 5.74) is 0.447. The highest BCUT2D eigenvalue weighted by molar-refractivity contribution is 5.65. The predicted molar refractivity (Wildman–Crippen MR) is 97.4 cm³/mol. The van der Waals surface area contributed by atoms with Crippen LogP contribution in [0.25, 0.3) is 11.1 Å². The maximum Gasteiger partial charge on any atom is 0.149 e. The van der Waals surface area contributed by atoms with Crippen LogP contribution in [-0.2, 0) is 6.61 Å². The molecule has 0 amide bonds. The number of pyridine rings is 1. The highest BCUT2D eigenvalue weighted by Gasteiger charge is 2.15. The number of phenols is 1. The number of benzene rings is 2. The number of halogens is 4. The average Bonchev–Trinajstić information content (AvgIpc) is 2.66. The minimum absolute atomic E-state index is 0. The van der Waals surface area contributed by atoms with Gasteiger partial charge in [-0.05, 0) is 55.0 Å². The number of phenolic OH excluding ortho intramolecular Hbond substituents is 1. The Morgan fingerprint density at radius 1 is 0.929 bits per heavy atom. The molecule has 0 radical (unpaired) electrons. The fourth-order valence-electron chi connectivity index (χ4n) is 2.36. The molecule has 2 N–H and O–H groups in total. The smallest absolute Gasteiger partial charge is 0.149 e. The molecule has 0 spiro atoms. The molecule has 0 aliphatic heterocycles. The summed E-state index contributed by atoms with van der Waals surface area (Å²) in [6.07, 6.45) is 1.02. The lowest BCUT2D eigenvalue weighted by Gasteiger charge is -2.11. The highest BCUT2D eigenvalue weighted by atomic mass is 19.1. The monoisotopic (exact) mass is 397 g/mol. The number of aliphatic hydroxyl groups excluding tert-OH is 1. The van der Waals surface area contributed by atoms with Gasteiger partial charge in [-0.15, -0.1) is 0 Å². The first kappa shape index (κ1) is 22.9. The molecule has 0 atom stereocenters. The molecule has 28 heavy (non-hydrogen) atoms. The molecule has 8 heteroatoms. The third kappa shape index (κ3) is 5.43. The van der Waals surface area contributed by atoms with Gasteiger partial charge < -0.3 is 14.9 Å². The van der Waals surface area contributed by atoms with Gasteiger partial charge in [-0.3, -0.25) is 9.69 Å². The van der Waals surface area contributed by atoms with Crippen LogP contribution in [0.5, 0.6) is 11.5 Å². The Morgan fingerprint density at radius 2 is 1.50 bits per heavy atom. The lowest BCUT2D eigenvalue weighted by atomic mass is 10.0. The van der Waals surface area contributed by atoms with Crippen molar-refractivity contribution in [3.8, 4) is 22.6 Å². The van der Waals surface area contributed by atoms with Crippen molar-refractivity contribution in [2.75, 3.05) is 7.11 Å². The van der Waals surface area contributed by atoms with Crippen molar-refractivity contribution < 1.29 is 32.8 Å². The van der Waals surface area contributed by atoms with E-state index in [1.807, 2.05) is 0 Å². The summed E-state index contributed by atoms with van der Waals surface area (Å²) in [4.78, 5) is 3.80. The molecule has 1 aromatic heterocycles. The zero-order valence-electron chi connectivity index (χ0n) is 15.1. The Kier molecular flexibility index (Phi) is 8.40. The first-order valence-corrected chi connectivity index (χ1v) is 7.91. The molecule has 0 saturated carbocycles. The molecule has 2 aromatic carbocycles. The van der Waals surface area contributed by atoms with Crippen molar-refractivity contribution in [3.05, 3.63) is 77.4 Å². The lowest BCUT2D eigenvalue weighted by Crippen LogP contribution is -2.03. The molecule has 0 bridgehead atoms. The van der Waals surface area contributed by atoms with Crippen LogP contribution >= 0.6 is 0 Å². The van der Waals surface area contributed by atoms with Gasteiger partial charge in [0, 0.05) is 18.4 Å². The van der Waals surface area contributed by atoms with Crippen LogP contribution in [0.15, 0.2) is 48.7 Å². The molecule has 0 fully saturated rings. The van der Waals surface area contributed by atoms with Crippen molar-refractivity contribution >= 4 is 0 Å². The van der Waals surface area contributed by atoms with Gasteiger partial charge in [0.25, 0.3) is 0 Å². The molecule has 1 heterocycles. The standard InChI is InChI=1S/C19H14F3NO2.CH4O.FH/c1-11-6-15(19(22)9-23-11)12-7-17(20)16(18(21)8-12)10-25-14-4-2-13(24)3-5-14;1-2;/h2-9,24H,10H2,1H3;2H,1H3;1H. The molecule has 4 nitrogen and oxygen atoms in total. The Labute approximate surface area is 159 Å².